The summed E-state index contributed by atoms with van der Waals surface area (Å²) in [6.07, 6.45) is 4.43. The van der Waals surface area contributed by atoms with Gasteiger partial charge in [-0.1, -0.05) is 13.3 Å². The Bertz CT molecular complexity index is 1260. The third kappa shape index (κ3) is 6.89. The molecule has 36 heavy (non-hydrogen) atoms. The van der Waals surface area contributed by atoms with Gasteiger partial charge in [0, 0.05) is 13.1 Å². The van der Waals surface area contributed by atoms with Crippen molar-refractivity contribution in [1.82, 2.24) is 4.31 Å². The lowest BCUT2D eigenvalue weighted by atomic mass is 10.2. The summed E-state index contributed by atoms with van der Waals surface area (Å²) in [5.41, 5.74) is 0.433. The third-order valence-corrected chi connectivity index (χ3v) is 8.72. The van der Waals surface area contributed by atoms with Gasteiger partial charge in [0.25, 0.3) is 0 Å². The van der Waals surface area contributed by atoms with Crippen LogP contribution in [-0.4, -0.2) is 66.7 Å². The highest BCUT2D eigenvalue weighted by molar-refractivity contribution is 7.92. The number of amides is 1. The monoisotopic (exact) mass is 539 g/mol. The first-order chi connectivity index (χ1) is 17.1. The molecule has 12 heteroatoms. The van der Waals surface area contributed by atoms with Gasteiger partial charge in [-0.3, -0.25) is 9.10 Å². The van der Waals surface area contributed by atoms with E-state index in [2.05, 4.69) is 5.32 Å². The predicted octanol–water partition coefficient (Wildman–Crippen LogP) is 3.06. The predicted molar refractivity (Wildman–Crippen MR) is 139 cm³/mol. The SMILES string of the molecule is CCCOc1ccc(N(CC(=O)Nc2cc(S(=O)(=O)N3CCCCC3)ccc2OC)S(C)(=O)=O)cc1. The van der Waals surface area contributed by atoms with Crippen LogP contribution in [0.2, 0.25) is 0 Å². The minimum absolute atomic E-state index is 0.0307. The molecule has 198 valence electrons. The maximum atomic E-state index is 13.1. The molecule has 2 aromatic carbocycles. The van der Waals surface area contributed by atoms with Crippen LogP contribution < -0.4 is 19.1 Å². The van der Waals surface area contributed by atoms with E-state index in [9.17, 15) is 21.6 Å². The first-order valence-electron chi connectivity index (χ1n) is 11.7. The Labute approximate surface area is 213 Å². The second kappa shape index (κ2) is 11.9. The molecule has 0 atom stereocenters. The molecule has 0 spiro atoms. The molecule has 1 heterocycles. The zero-order valence-corrected chi connectivity index (χ0v) is 22.4. The molecule has 0 aliphatic carbocycles. The first-order valence-corrected chi connectivity index (χ1v) is 15.0. The largest absolute Gasteiger partial charge is 0.495 e. The van der Waals surface area contributed by atoms with Crippen molar-refractivity contribution in [3.05, 3.63) is 42.5 Å². The lowest BCUT2D eigenvalue weighted by molar-refractivity contribution is -0.114. The maximum Gasteiger partial charge on any atom is 0.245 e. The van der Waals surface area contributed by atoms with Crippen molar-refractivity contribution < 1.29 is 31.1 Å². The Morgan fingerprint density at radius 1 is 1.03 bits per heavy atom. The number of hydrogen-bond donors (Lipinski definition) is 1. The fourth-order valence-electron chi connectivity index (χ4n) is 3.85. The van der Waals surface area contributed by atoms with Crippen LogP contribution in [0.15, 0.2) is 47.4 Å². The number of carbonyl (C=O) groups is 1. The summed E-state index contributed by atoms with van der Waals surface area (Å²) in [5.74, 6) is 0.191. The van der Waals surface area contributed by atoms with Crippen LogP contribution in [-0.2, 0) is 24.8 Å². The number of nitrogens with one attached hydrogen (secondary N) is 1. The van der Waals surface area contributed by atoms with Crippen molar-refractivity contribution >= 4 is 37.3 Å². The number of anilines is 2. The lowest BCUT2D eigenvalue weighted by Crippen LogP contribution is -2.37. The molecule has 2 aromatic rings. The number of rotatable bonds is 11. The minimum Gasteiger partial charge on any atom is -0.495 e. The molecule has 0 radical (unpaired) electrons. The quantitative estimate of drug-likeness (QED) is 0.466. The van der Waals surface area contributed by atoms with Crippen LogP contribution >= 0.6 is 0 Å². The van der Waals surface area contributed by atoms with Gasteiger partial charge in [0.2, 0.25) is 26.0 Å². The summed E-state index contributed by atoms with van der Waals surface area (Å²) in [6, 6.07) is 10.6. The molecule has 1 N–H and O–H groups in total. The number of nitrogens with zero attached hydrogens (tertiary/aromatic N) is 2. The van der Waals surface area contributed by atoms with Gasteiger partial charge in [0.15, 0.2) is 0 Å². The average Bonchev–Trinajstić information content (AvgIpc) is 2.86. The molecule has 0 bridgehead atoms. The van der Waals surface area contributed by atoms with Crippen molar-refractivity contribution in [3.63, 3.8) is 0 Å². The van der Waals surface area contributed by atoms with Crippen molar-refractivity contribution in [1.29, 1.82) is 0 Å². The van der Waals surface area contributed by atoms with Gasteiger partial charge in [0.05, 0.1) is 36.2 Å². The van der Waals surface area contributed by atoms with Crippen molar-refractivity contribution in [2.75, 3.05) is 49.2 Å². The van der Waals surface area contributed by atoms with E-state index < -0.39 is 32.5 Å². The Morgan fingerprint density at radius 3 is 2.28 bits per heavy atom. The highest BCUT2D eigenvalue weighted by Crippen LogP contribution is 2.30. The number of sulfonamides is 2. The van der Waals surface area contributed by atoms with Crippen LogP contribution in [0.1, 0.15) is 32.6 Å². The Morgan fingerprint density at radius 2 is 1.69 bits per heavy atom. The second-order valence-electron chi connectivity index (χ2n) is 8.49. The van der Waals surface area contributed by atoms with Crippen LogP contribution in [0.4, 0.5) is 11.4 Å². The second-order valence-corrected chi connectivity index (χ2v) is 12.3. The number of piperidine rings is 1. The molecular weight excluding hydrogens is 506 g/mol. The van der Waals surface area contributed by atoms with E-state index in [1.165, 1.54) is 29.6 Å². The average molecular weight is 540 g/mol. The van der Waals surface area contributed by atoms with E-state index in [0.717, 1.165) is 36.2 Å². The summed E-state index contributed by atoms with van der Waals surface area (Å²) in [4.78, 5) is 13.0. The van der Waals surface area contributed by atoms with Crippen LogP contribution in [0.5, 0.6) is 11.5 Å². The van der Waals surface area contributed by atoms with Crippen molar-refractivity contribution in [2.45, 2.75) is 37.5 Å². The van der Waals surface area contributed by atoms with Crippen LogP contribution in [0.25, 0.3) is 0 Å². The number of ether oxygens (including phenoxy) is 2. The standard InChI is InChI=1S/C24H33N3O7S2/c1-4-16-34-20-10-8-19(9-11-20)27(35(3,29)30)18-24(28)25-22-17-21(12-13-23(22)33-2)36(31,32)26-14-6-5-7-15-26/h8-13,17H,4-7,14-16,18H2,1-3H3,(H,25,28). The maximum absolute atomic E-state index is 13.1. The molecule has 10 nitrogen and oxygen atoms in total. The molecule has 0 unspecified atom stereocenters. The minimum atomic E-state index is -3.80. The van der Waals surface area contributed by atoms with Gasteiger partial charge in [-0.15, -0.1) is 0 Å². The highest BCUT2D eigenvalue weighted by atomic mass is 32.2. The number of carbonyl (C=O) groups excluding carboxylic acids is 1. The van der Waals surface area contributed by atoms with E-state index in [0.29, 0.717) is 31.1 Å². The van der Waals surface area contributed by atoms with Gasteiger partial charge in [-0.05, 0) is 61.7 Å². The van der Waals surface area contributed by atoms with E-state index in [1.807, 2.05) is 6.92 Å². The van der Waals surface area contributed by atoms with Gasteiger partial charge >= 0.3 is 0 Å². The summed E-state index contributed by atoms with van der Waals surface area (Å²) < 4.78 is 64.3. The third-order valence-electron chi connectivity index (χ3n) is 5.68. The molecule has 1 aliphatic heterocycles. The smallest absolute Gasteiger partial charge is 0.245 e. The fraction of sp³-hybridized carbons (Fsp3) is 0.458. The van der Waals surface area contributed by atoms with Crippen LogP contribution in [0.3, 0.4) is 0 Å². The molecule has 0 aromatic heterocycles. The number of benzene rings is 2. The number of hydrogen-bond acceptors (Lipinski definition) is 7. The molecule has 1 saturated heterocycles. The normalized spacial score (nSPS) is 14.8. The van der Waals surface area contributed by atoms with Gasteiger partial charge in [0.1, 0.15) is 18.0 Å². The topological polar surface area (TPSA) is 122 Å². The van der Waals surface area contributed by atoms with E-state index >= 15 is 0 Å². The molecule has 1 fully saturated rings. The van der Waals surface area contributed by atoms with E-state index in [4.69, 9.17) is 9.47 Å². The molecule has 3 rings (SSSR count). The zero-order chi connectivity index (χ0) is 26.3. The van der Waals surface area contributed by atoms with E-state index in [1.54, 1.807) is 24.3 Å². The first kappa shape index (κ1) is 27.8. The van der Waals surface area contributed by atoms with Crippen molar-refractivity contribution in [3.8, 4) is 11.5 Å². The molecular formula is C24H33N3O7S2. The Kier molecular flexibility index (Phi) is 9.20. The molecule has 1 amide bonds. The number of methoxy groups -OCH3 is 1. The molecule has 1 aliphatic rings. The summed E-state index contributed by atoms with van der Waals surface area (Å²) in [6.45, 7) is 2.89. The Balaban J connectivity index is 1.81. The fourth-order valence-corrected chi connectivity index (χ4v) is 6.25. The van der Waals surface area contributed by atoms with Gasteiger partial charge < -0.3 is 14.8 Å². The van der Waals surface area contributed by atoms with Crippen molar-refractivity contribution in [2.24, 2.45) is 0 Å². The van der Waals surface area contributed by atoms with Crippen LogP contribution in [0, 0.1) is 0 Å². The summed E-state index contributed by atoms with van der Waals surface area (Å²) >= 11 is 0. The Hall–Kier alpha value is -2.83. The van der Waals surface area contributed by atoms with E-state index in [-0.39, 0.29) is 16.3 Å². The zero-order valence-electron chi connectivity index (χ0n) is 20.8. The molecule has 0 saturated carbocycles. The highest BCUT2D eigenvalue weighted by Gasteiger charge is 2.27. The van der Waals surface area contributed by atoms with Gasteiger partial charge in [-0.2, -0.15) is 4.31 Å². The lowest BCUT2D eigenvalue weighted by Gasteiger charge is -2.26. The van der Waals surface area contributed by atoms with Gasteiger partial charge in [-0.25, -0.2) is 16.8 Å². The summed E-state index contributed by atoms with van der Waals surface area (Å²) in [5, 5.41) is 2.61. The summed E-state index contributed by atoms with van der Waals surface area (Å²) in [7, 11) is -6.14.